The molecule has 0 spiro atoms. The van der Waals surface area contributed by atoms with Crippen LogP contribution in [0.15, 0.2) is 48.5 Å². The van der Waals surface area contributed by atoms with Crippen molar-refractivity contribution in [3.05, 3.63) is 54.2 Å². The van der Waals surface area contributed by atoms with Crippen LogP contribution in [0.5, 0.6) is 0 Å². The fourth-order valence-electron chi connectivity index (χ4n) is 2.14. The van der Waals surface area contributed by atoms with Gasteiger partial charge in [-0.25, -0.2) is 0 Å². The fraction of sp³-hybridized carbons (Fsp3) is 0.133. The van der Waals surface area contributed by atoms with Gasteiger partial charge in [0, 0.05) is 17.8 Å². The third kappa shape index (κ3) is 2.00. The molecule has 0 saturated carbocycles. The monoisotopic (exact) mass is 237 g/mol. The Balaban J connectivity index is 2.02. The van der Waals surface area contributed by atoms with Crippen molar-refractivity contribution in [3.8, 4) is 11.3 Å². The van der Waals surface area contributed by atoms with E-state index in [0.717, 1.165) is 23.5 Å². The summed E-state index contributed by atoms with van der Waals surface area (Å²) < 4.78 is 0. The molecule has 2 aromatic carbocycles. The molecule has 0 amide bonds. The summed E-state index contributed by atoms with van der Waals surface area (Å²) >= 11 is 0. The van der Waals surface area contributed by atoms with Crippen LogP contribution in [-0.2, 0) is 6.54 Å². The van der Waals surface area contributed by atoms with E-state index in [4.69, 9.17) is 0 Å². The Morgan fingerprint density at radius 3 is 2.72 bits per heavy atom. The summed E-state index contributed by atoms with van der Waals surface area (Å²) in [6.07, 6.45) is 0. The first-order chi connectivity index (χ1) is 8.86. The zero-order valence-corrected chi connectivity index (χ0v) is 10.3. The number of nitrogens with zero attached hydrogens (tertiary/aromatic N) is 1. The molecule has 0 atom stereocenters. The zero-order valence-electron chi connectivity index (χ0n) is 10.3. The normalized spacial score (nSPS) is 10.9. The Bertz CT molecular complexity index is 670. The van der Waals surface area contributed by atoms with Crippen molar-refractivity contribution >= 4 is 10.8 Å². The summed E-state index contributed by atoms with van der Waals surface area (Å²) in [5.41, 5.74) is 3.24. The van der Waals surface area contributed by atoms with Gasteiger partial charge in [0.1, 0.15) is 0 Å². The van der Waals surface area contributed by atoms with E-state index < -0.39 is 0 Å². The number of hydrogen-bond donors (Lipinski definition) is 2. The van der Waals surface area contributed by atoms with Gasteiger partial charge in [0.05, 0.1) is 5.69 Å². The third-order valence-corrected chi connectivity index (χ3v) is 3.04. The van der Waals surface area contributed by atoms with Gasteiger partial charge in [0.2, 0.25) is 0 Å². The molecule has 90 valence electrons. The maximum Gasteiger partial charge on any atom is 0.0924 e. The Labute approximate surface area is 106 Å². The molecule has 0 radical (unpaired) electrons. The average Bonchev–Trinajstić information content (AvgIpc) is 2.87. The molecule has 3 rings (SSSR count). The second kappa shape index (κ2) is 4.63. The Hall–Kier alpha value is -2.13. The third-order valence-electron chi connectivity index (χ3n) is 3.04. The van der Waals surface area contributed by atoms with Gasteiger partial charge in [-0.15, -0.1) is 0 Å². The number of rotatable bonds is 3. The summed E-state index contributed by atoms with van der Waals surface area (Å²) in [4.78, 5) is 0. The van der Waals surface area contributed by atoms with Crippen LogP contribution < -0.4 is 5.32 Å². The molecular formula is C15H15N3. The van der Waals surface area contributed by atoms with Crippen molar-refractivity contribution in [3.63, 3.8) is 0 Å². The van der Waals surface area contributed by atoms with E-state index in [9.17, 15) is 0 Å². The number of nitrogens with one attached hydrogen (secondary N) is 2. The van der Waals surface area contributed by atoms with Gasteiger partial charge in [-0.1, -0.05) is 36.4 Å². The number of benzene rings is 2. The van der Waals surface area contributed by atoms with E-state index in [1.54, 1.807) is 0 Å². The van der Waals surface area contributed by atoms with Gasteiger partial charge in [-0.2, -0.15) is 5.10 Å². The molecule has 18 heavy (non-hydrogen) atoms. The van der Waals surface area contributed by atoms with Crippen molar-refractivity contribution in [2.24, 2.45) is 0 Å². The van der Waals surface area contributed by atoms with Gasteiger partial charge in [-0.3, -0.25) is 5.10 Å². The zero-order chi connectivity index (χ0) is 12.4. The summed E-state index contributed by atoms with van der Waals surface area (Å²) in [6, 6.07) is 16.9. The lowest BCUT2D eigenvalue weighted by Crippen LogP contribution is -2.04. The predicted octanol–water partition coefficient (Wildman–Crippen LogP) is 2.95. The lowest BCUT2D eigenvalue weighted by molar-refractivity contribution is 0.784. The van der Waals surface area contributed by atoms with Crippen LogP contribution in [0.4, 0.5) is 0 Å². The topological polar surface area (TPSA) is 40.7 Å². The molecule has 2 N–H and O–H groups in total. The van der Waals surface area contributed by atoms with E-state index in [-0.39, 0.29) is 0 Å². The molecule has 0 aliphatic carbocycles. The highest BCUT2D eigenvalue weighted by molar-refractivity contribution is 5.86. The van der Waals surface area contributed by atoms with E-state index in [2.05, 4.69) is 64.0 Å². The first-order valence-electron chi connectivity index (χ1n) is 6.05. The van der Waals surface area contributed by atoms with Crippen LogP contribution >= 0.6 is 0 Å². The summed E-state index contributed by atoms with van der Waals surface area (Å²) in [5.74, 6) is 0. The number of hydrogen-bond acceptors (Lipinski definition) is 2. The van der Waals surface area contributed by atoms with Crippen molar-refractivity contribution < 1.29 is 0 Å². The van der Waals surface area contributed by atoms with Gasteiger partial charge >= 0.3 is 0 Å². The molecule has 1 aromatic heterocycles. The maximum absolute atomic E-state index is 4.35. The Morgan fingerprint density at radius 2 is 1.89 bits per heavy atom. The SMILES string of the molecule is CNCc1cc(-c2ccc3ccccc3c2)n[nH]1. The predicted molar refractivity (Wildman–Crippen MR) is 74.3 cm³/mol. The van der Waals surface area contributed by atoms with E-state index in [1.165, 1.54) is 10.8 Å². The van der Waals surface area contributed by atoms with Crippen molar-refractivity contribution in [1.82, 2.24) is 15.5 Å². The lowest BCUT2D eigenvalue weighted by Gasteiger charge is -2.00. The number of aromatic amines is 1. The van der Waals surface area contributed by atoms with E-state index in [1.807, 2.05) is 7.05 Å². The molecule has 0 unspecified atom stereocenters. The second-order valence-electron chi connectivity index (χ2n) is 4.37. The van der Waals surface area contributed by atoms with Crippen LogP contribution in [0.1, 0.15) is 5.69 Å². The first-order valence-corrected chi connectivity index (χ1v) is 6.05. The van der Waals surface area contributed by atoms with Crippen LogP contribution in [0.2, 0.25) is 0 Å². The number of fused-ring (bicyclic) bond motifs is 1. The minimum Gasteiger partial charge on any atom is -0.314 e. The van der Waals surface area contributed by atoms with E-state index >= 15 is 0 Å². The van der Waals surface area contributed by atoms with Crippen molar-refractivity contribution in [2.45, 2.75) is 6.54 Å². The first kappa shape index (κ1) is 11.0. The summed E-state index contributed by atoms with van der Waals surface area (Å²) in [5, 5.41) is 13.0. The molecule has 0 aliphatic heterocycles. The molecule has 3 nitrogen and oxygen atoms in total. The standard InChI is InChI=1S/C15H15N3/c1-16-10-14-9-15(18-17-14)13-7-6-11-4-2-3-5-12(11)8-13/h2-9,16H,10H2,1H3,(H,17,18). The fourth-order valence-corrected chi connectivity index (χ4v) is 2.14. The van der Waals surface area contributed by atoms with Gasteiger partial charge in [-0.05, 0) is 30.0 Å². The molecule has 0 fully saturated rings. The highest BCUT2D eigenvalue weighted by Gasteiger charge is 2.04. The number of H-pyrrole nitrogens is 1. The highest BCUT2D eigenvalue weighted by atomic mass is 15.1. The van der Waals surface area contributed by atoms with E-state index in [0.29, 0.717) is 0 Å². The summed E-state index contributed by atoms with van der Waals surface area (Å²) in [7, 11) is 1.93. The van der Waals surface area contributed by atoms with Crippen molar-refractivity contribution in [2.75, 3.05) is 7.05 Å². The molecule has 0 aliphatic rings. The van der Waals surface area contributed by atoms with Crippen LogP contribution in [0, 0.1) is 0 Å². The molecule has 0 saturated heterocycles. The average molecular weight is 237 g/mol. The van der Waals surface area contributed by atoms with Crippen molar-refractivity contribution in [1.29, 1.82) is 0 Å². The van der Waals surface area contributed by atoms with Gasteiger partial charge in [0.15, 0.2) is 0 Å². The maximum atomic E-state index is 4.35. The molecule has 0 bridgehead atoms. The van der Waals surface area contributed by atoms with Crippen LogP contribution in [0.3, 0.4) is 0 Å². The molecule has 3 aromatic rings. The van der Waals surface area contributed by atoms with Crippen LogP contribution in [0.25, 0.3) is 22.0 Å². The number of aromatic nitrogens is 2. The Kier molecular flexibility index (Phi) is 2.82. The smallest absolute Gasteiger partial charge is 0.0924 e. The van der Waals surface area contributed by atoms with Crippen LogP contribution in [-0.4, -0.2) is 17.2 Å². The second-order valence-corrected chi connectivity index (χ2v) is 4.37. The molecule has 3 heteroatoms. The molecular weight excluding hydrogens is 222 g/mol. The molecule has 1 heterocycles. The minimum absolute atomic E-state index is 0.806. The highest BCUT2D eigenvalue weighted by Crippen LogP contribution is 2.23. The summed E-state index contributed by atoms with van der Waals surface area (Å²) in [6.45, 7) is 0.806. The van der Waals surface area contributed by atoms with Gasteiger partial charge in [0.25, 0.3) is 0 Å². The largest absolute Gasteiger partial charge is 0.314 e. The Morgan fingerprint density at radius 1 is 1.06 bits per heavy atom. The lowest BCUT2D eigenvalue weighted by atomic mass is 10.1. The quantitative estimate of drug-likeness (QED) is 0.735. The van der Waals surface area contributed by atoms with Gasteiger partial charge < -0.3 is 5.32 Å². The minimum atomic E-state index is 0.806.